The standard InChI is InChI=1S/C25H29ClN4O2S/c1-16(2)13-19-6-8-20(9-7-19)23(32)15-33-25-29-28-24(11-12-27-18(4)31)30(25)21-10-5-17(3)22(26)14-21/h5-10,14,16H,11-13,15H2,1-4H3,(H,27,31). The maximum Gasteiger partial charge on any atom is 0.216 e. The van der Waals surface area contributed by atoms with Crippen LogP contribution in [0.4, 0.5) is 0 Å². The second kappa shape index (κ2) is 11.5. The molecule has 0 fully saturated rings. The van der Waals surface area contributed by atoms with Crippen molar-refractivity contribution in [3.8, 4) is 5.69 Å². The fourth-order valence-corrected chi connectivity index (χ4v) is 4.44. The highest BCUT2D eigenvalue weighted by molar-refractivity contribution is 7.99. The molecule has 0 spiro atoms. The van der Waals surface area contributed by atoms with Crippen LogP contribution in [0.3, 0.4) is 0 Å². The van der Waals surface area contributed by atoms with Gasteiger partial charge in [0.2, 0.25) is 5.91 Å². The van der Waals surface area contributed by atoms with E-state index < -0.39 is 0 Å². The van der Waals surface area contributed by atoms with Gasteiger partial charge in [-0.3, -0.25) is 14.2 Å². The lowest BCUT2D eigenvalue weighted by Gasteiger charge is -2.12. The van der Waals surface area contributed by atoms with Crippen molar-refractivity contribution in [2.75, 3.05) is 12.3 Å². The number of nitrogens with one attached hydrogen (secondary N) is 1. The summed E-state index contributed by atoms with van der Waals surface area (Å²) in [5, 5.41) is 12.7. The van der Waals surface area contributed by atoms with Crippen LogP contribution in [0.5, 0.6) is 0 Å². The number of aryl methyl sites for hydroxylation is 1. The average Bonchev–Trinajstić information content (AvgIpc) is 3.16. The van der Waals surface area contributed by atoms with Crippen molar-refractivity contribution >= 4 is 35.1 Å². The molecule has 1 aromatic heterocycles. The highest BCUT2D eigenvalue weighted by Gasteiger charge is 2.17. The molecule has 174 valence electrons. The van der Waals surface area contributed by atoms with Crippen molar-refractivity contribution in [1.29, 1.82) is 0 Å². The Balaban J connectivity index is 1.78. The van der Waals surface area contributed by atoms with E-state index in [1.165, 1.54) is 24.2 Å². The van der Waals surface area contributed by atoms with Crippen LogP contribution in [-0.2, 0) is 17.6 Å². The number of amides is 1. The number of carbonyl (C=O) groups excluding carboxylic acids is 2. The van der Waals surface area contributed by atoms with Crippen LogP contribution in [0.25, 0.3) is 5.69 Å². The van der Waals surface area contributed by atoms with Crippen molar-refractivity contribution in [2.45, 2.75) is 45.7 Å². The average molecular weight is 485 g/mol. The summed E-state index contributed by atoms with van der Waals surface area (Å²) in [5.74, 6) is 1.44. The molecule has 1 heterocycles. The SMILES string of the molecule is CC(=O)NCCc1nnc(SCC(=O)c2ccc(CC(C)C)cc2)n1-c1ccc(C)c(Cl)c1. The molecular formula is C25H29ClN4O2S. The van der Waals surface area contributed by atoms with Crippen LogP contribution in [-0.4, -0.2) is 38.8 Å². The van der Waals surface area contributed by atoms with Gasteiger partial charge in [0, 0.05) is 30.5 Å². The predicted molar refractivity (Wildman–Crippen MR) is 134 cm³/mol. The lowest BCUT2D eigenvalue weighted by atomic mass is 10.0. The van der Waals surface area contributed by atoms with Gasteiger partial charge in [0.25, 0.3) is 0 Å². The van der Waals surface area contributed by atoms with E-state index in [1.54, 1.807) is 0 Å². The maximum atomic E-state index is 12.8. The third kappa shape index (κ3) is 6.92. The van der Waals surface area contributed by atoms with Gasteiger partial charge in [0.15, 0.2) is 10.9 Å². The summed E-state index contributed by atoms with van der Waals surface area (Å²) in [6.07, 6.45) is 1.50. The number of rotatable bonds is 10. The van der Waals surface area contributed by atoms with Crippen LogP contribution in [0.15, 0.2) is 47.6 Å². The number of halogens is 1. The first-order chi connectivity index (χ1) is 15.7. The molecule has 0 unspecified atom stereocenters. The van der Waals surface area contributed by atoms with E-state index in [4.69, 9.17) is 11.6 Å². The van der Waals surface area contributed by atoms with Crippen molar-refractivity contribution in [1.82, 2.24) is 20.1 Å². The smallest absolute Gasteiger partial charge is 0.216 e. The number of aromatic nitrogens is 3. The van der Waals surface area contributed by atoms with Gasteiger partial charge in [-0.25, -0.2) is 0 Å². The molecule has 8 heteroatoms. The molecule has 0 atom stereocenters. The summed E-state index contributed by atoms with van der Waals surface area (Å²) >= 11 is 7.70. The van der Waals surface area contributed by atoms with Gasteiger partial charge in [0.1, 0.15) is 5.82 Å². The number of nitrogens with zero attached hydrogens (tertiary/aromatic N) is 3. The highest BCUT2D eigenvalue weighted by Crippen LogP contribution is 2.26. The zero-order valence-electron chi connectivity index (χ0n) is 19.4. The molecule has 0 saturated carbocycles. The largest absolute Gasteiger partial charge is 0.356 e. The number of thioether (sulfide) groups is 1. The van der Waals surface area contributed by atoms with Gasteiger partial charge in [0.05, 0.1) is 11.4 Å². The van der Waals surface area contributed by atoms with Crippen LogP contribution in [0.1, 0.15) is 48.1 Å². The Morgan fingerprint density at radius 1 is 1.12 bits per heavy atom. The van der Waals surface area contributed by atoms with E-state index in [9.17, 15) is 9.59 Å². The molecule has 2 aromatic carbocycles. The number of hydrogen-bond acceptors (Lipinski definition) is 5. The zero-order chi connectivity index (χ0) is 24.0. The molecule has 0 saturated heterocycles. The van der Waals surface area contributed by atoms with E-state index >= 15 is 0 Å². The monoisotopic (exact) mass is 484 g/mol. The Labute approximate surface area is 204 Å². The minimum absolute atomic E-state index is 0.0346. The van der Waals surface area contributed by atoms with E-state index in [0.29, 0.717) is 40.5 Å². The van der Waals surface area contributed by atoms with Crippen molar-refractivity contribution in [3.63, 3.8) is 0 Å². The van der Waals surface area contributed by atoms with Gasteiger partial charge >= 0.3 is 0 Å². The first-order valence-electron chi connectivity index (χ1n) is 10.9. The normalized spacial score (nSPS) is 11.1. The predicted octanol–water partition coefficient (Wildman–Crippen LogP) is 5.08. The summed E-state index contributed by atoms with van der Waals surface area (Å²) in [6.45, 7) is 8.22. The van der Waals surface area contributed by atoms with E-state index in [1.807, 2.05) is 54.0 Å². The number of hydrogen-bond donors (Lipinski definition) is 1. The third-order valence-corrected chi connectivity index (χ3v) is 6.42. The minimum Gasteiger partial charge on any atom is -0.356 e. The molecule has 3 aromatic rings. The molecule has 0 bridgehead atoms. The first kappa shape index (κ1) is 25.0. The molecule has 0 aliphatic rings. The molecule has 1 N–H and O–H groups in total. The number of carbonyl (C=O) groups is 2. The molecular weight excluding hydrogens is 456 g/mol. The Morgan fingerprint density at radius 2 is 1.85 bits per heavy atom. The molecule has 6 nitrogen and oxygen atoms in total. The Hall–Kier alpha value is -2.64. The lowest BCUT2D eigenvalue weighted by Crippen LogP contribution is -2.23. The Bertz CT molecular complexity index is 1130. The van der Waals surface area contributed by atoms with Gasteiger partial charge in [-0.05, 0) is 42.5 Å². The number of ketones is 1. The molecule has 1 amide bonds. The molecule has 0 aliphatic carbocycles. The van der Waals surface area contributed by atoms with Gasteiger partial charge in [-0.2, -0.15) is 0 Å². The van der Waals surface area contributed by atoms with E-state index in [0.717, 1.165) is 17.7 Å². The second-order valence-electron chi connectivity index (χ2n) is 8.41. The van der Waals surface area contributed by atoms with Gasteiger partial charge < -0.3 is 5.32 Å². The quantitative estimate of drug-likeness (QED) is 0.320. The maximum absolute atomic E-state index is 12.8. The van der Waals surface area contributed by atoms with Gasteiger partial charge in [-0.15, -0.1) is 10.2 Å². The Kier molecular flexibility index (Phi) is 8.69. The fourth-order valence-electron chi connectivity index (χ4n) is 3.40. The zero-order valence-corrected chi connectivity index (χ0v) is 21.0. The molecule has 0 radical (unpaired) electrons. The van der Waals surface area contributed by atoms with E-state index in [-0.39, 0.29) is 17.4 Å². The molecule has 0 aliphatic heterocycles. The van der Waals surface area contributed by atoms with Crippen LogP contribution >= 0.6 is 23.4 Å². The van der Waals surface area contributed by atoms with Crippen molar-refractivity contribution < 1.29 is 9.59 Å². The number of Topliss-reactive ketones (excluding diaryl/α,β-unsaturated/α-hetero) is 1. The van der Waals surface area contributed by atoms with Crippen LogP contribution < -0.4 is 5.32 Å². The summed E-state index contributed by atoms with van der Waals surface area (Å²) in [7, 11) is 0. The summed E-state index contributed by atoms with van der Waals surface area (Å²) in [6, 6.07) is 13.6. The van der Waals surface area contributed by atoms with Crippen LogP contribution in [0.2, 0.25) is 5.02 Å². The summed E-state index contributed by atoms with van der Waals surface area (Å²) in [4.78, 5) is 24.1. The van der Waals surface area contributed by atoms with Crippen molar-refractivity contribution in [3.05, 3.63) is 70.0 Å². The lowest BCUT2D eigenvalue weighted by molar-refractivity contribution is -0.118. The summed E-state index contributed by atoms with van der Waals surface area (Å²) < 4.78 is 1.90. The van der Waals surface area contributed by atoms with E-state index in [2.05, 4.69) is 29.4 Å². The second-order valence-corrected chi connectivity index (χ2v) is 9.76. The first-order valence-corrected chi connectivity index (χ1v) is 12.3. The van der Waals surface area contributed by atoms with Gasteiger partial charge in [-0.1, -0.05) is 67.5 Å². The third-order valence-electron chi connectivity index (χ3n) is 5.09. The minimum atomic E-state index is -0.0981. The molecule has 33 heavy (non-hydrogen) atoms. The topological polar surface area (TPSA) is 76.9 Å². The number of benzene rings is 2. The highest BCUT2D eigenvalue weighted by atomic mass is 35.5. The summed E-state index contributed by atoms with van der Waals surface area (Å²) in [5.41, 5.74) is 3.71. The molecule has 3 rings (SSSR count). The van der Waals surface area contributed by atoms with Crippen molar-refractivity contribution in [2.24, 2.45) is 5.92 Å². The Morgan fingerprint density at radius 3 is 2.48 bits per heavy atom. The van der Waals surface area contributed by atoms with Crippen LogP contribution in [0, 0.1) is 12.8 Å². The fraction of sp³-hybridized carbons (Fsp3) is 0.360.